The molecule has 0 unspecified atom stereocenters. The Balaban J connectivity index is 2.21. The van der Waals surface area contributed by atoms with Crippen LogP contribution in [0.5, 0.6) is 0 Å². The molecule has 1 heterocycles. The van der Waals surface area contributed by atoms with Crippen molar-refractivity contribution in [1.29, 1.82) is 0 Å². The molecule has 0 spiro atoms. The van der Waals surface area contributed by atoms with E-state index in [4.69, 9.17) is 16.0 Å². The monoisotopic (exact) mass is 235 g/mol. The van der Waals surface area contributed by atoms with E-state index in [1.807, 2.05) is 6.92 Å². The summed E-state index contributed by atoms with van der Waals surface area (Å²) in [5, 5.41) is 3.19. The molecule has 16 heavy (non-hydrogen) atoms. The second kappa shape index (κ2) is 4.41. The summed E-state index contributed by atoms with van der Waals surface area (Å²) in [6.07, 6.45) is 1.48. The standard InChI is InChI=1S/C12H10ClNO2/c1-8-6-7-16-11(8)12(15)14-10-5-3-2-4-9(10)13/h2-7H,1H3,(H,14,15). The third-order valence-electron chi connectivity index (χ3n) is 2.19. The molecular formula is C12H10ClNO2. The molecule has 0 atom stereocenters. The number of halogens is 1. The summed E-state index contributed by atoms with van der Waals surface area (Å²) in [6, 6.07) is 8.79. The Morgan fingerprint density at radius 1 is 1.31 bits per heavy atom. The first kappa shape index (κ1) is 10.8. The van der Waals surface area contributed by atoms with Gasteiger partial charge in [0.2, 0.25) is 0 Å². The molecule has 0 radical (unpaired) electrons. The van der Waals surface area contributed by atoms with Gasteiger partial charge < -0.3 is 9.73 Å². The second-order valence-electron chi connectivity index (χ2n) is 3.37. The number of para-hydroxylation sites is 1. The summed E-state index contributed by atoms with van der Waals surface area (Å²) in [5.74, 6) is 0.00974. The normalized spacial score (nSPS) is 10.1. The summed E-state index contributed by atoms with van der Waals surface area (Å²) in [6.45, 7) is 1.81. The van der Waals surface area contributed by atoms with E-state index >= 15 is 0 Å². The number of amides is 1. The Labute approximate surface area is 98.0 Å². The smallest absolute Gasteiger partial charge is 0.291 e. The topological polar surface area (TPSA) is 42.2 Å². The number of aryl methyl sites for hydroxylation is 1. The van der Waals surface area contributed by atoms with Gasteiger partial charge in [-0.25, -0.2) is 0 Å². The van der Waals surface area contributed by atoms with Gasteiger partial charge >= 0.3 is 0 Å². The van der Waals surface area contributed by atoms with E-state index in [1.54, 1.807) is 30.3 Å². The molecule has 0 aliphatic heterocycles. The molecule has 0 saturated heterocycles. The summed E-state index contributed by atoms with van der Waals surface area (Å²) < 4.78 is 5.08. The van der Waals surface area contributed by atoms with Gasteiger partial charge in [-0.2, -0.15) is 0 Å². The van der Waals surface area contributed by atoms with Crippen molar-refractivity contribution < 1.29 is 9.21 Å². The van der Waals surface area contributed by atoms with E-state index in [0.29, 0.717) is 16.5 Å². The predicted octanol–water partition coefficient (Wildman–Crippen LogP) is 3.49. The maximum atomic E-state index is 11.8. The van der Waals surface area contributed by atoms with Crippen LogP contribution in [-0.2, 0) is 0 Å². The third-order valence-corrected chi connectivity index (χ3v) is 2.52. The molecule has 4 heteroatoms. The van der Waals surface area contributed by atoms with E-state index in [0.717, 1.165) is 5.56 Å². The Bertz CT molecular complexity index is 519. The number of carbonyl (C=O) groups excluding carboxylic acids is 1. The van der Waals surface area contributed by atoms with E-state index in [9.17, 15) is 4.79 Å². The summed E-state index contributed by atoms with van der Waals surface area (Å²) >= 11 is 5.92. The molecule has 0 aliphatic rings. The Morgan fingerprint density at radius 2 is 2.06 bits per heavy atom. The number of furan rings is 1. The quantitative estimate of drug-likeness (QED) is 0.866. The number of hydrogen-bond acceptors (Lipinski definition) is 2. The molecule has 0 aliphatic carbocycles. The van der Waals surface area contributed by atoms with Crippen LogP contribution >= 0.6 is 11.6 Å². The number of benzene rings is 1. The van der Waals surface area contributed by atoms with Gasteiger partial charge in [0.05, 0.1) is 17.0 Å². The minimum atomic E-state index is -0.296. The fraction of sp³-hybridized carbons (Fsp3) is 0.0833. The first-order valence-corrected chi connectivity index (χ1v) is 5.16. The molecular weight excluding hydrogens is 226 g/mol. The molecule has 1 N–H and O–H groups in total. The number of hydrogen-bond donors (Lipinski definition) is 1. The lowest BCUT2D eigenvalue weighted by Crippen LogP contribution is -2.12. The van der Waals surface area contributed by atoms with Crippen LogP contribution in [0, 0.1) is 6.92 Å². The van der Waals surface area contributed by atoms with E-state index < -0.39 is 0 Å². The zero-order valence-electron chi connectivity index (χ0n) is 8.66. The minimum Gasteiger partial charge on any atom is -0.459 e. The van der Waals surface area contributed by atoms with E-state index in [-0.39, 0.29) is 5.91 Å². The Hall–Kier alpha value is -1.74. The fourth-order valence-electron chi connectivity index (χ4n) is 1.35. The van der Waals surface area contributed by atoms with Gasteiger partial charge in [-0.05, 0) is 25.1 Å². The van der Waals surface area contributed by atoms with Crippen LogP contribution < -0.4 is 5.32 Å². The molecule has 0 fully saturated rings. The van der Waals surface area contributed by atoms with Gasteiger partial charge in [0.25, 0.3) is 5.91 Å². The lowest BCUT2D eigenvalue weighted by atomic mass is 10.2. The van der Waals surface area contributed by atoms with Crippen molar-refractivity contribution in [2.75, 3.05) is 5.32 Å². The first-order valence-electron chi connectivity index (χ1n) is 4.78. The van der Waals surface area contributed by atoms with Gasteiger partial charge in [0, 0.05) is 5.56 Å². The van der Waals surface area contributed by atoms with Crippen LogP contribution in [0.1, 0.15) is 16.1 Å². The van der Waals surface area contributed by atoms with Crippen molar-refractivity contribution in [2.24, 2.45) is 0 Å². The molecule has 82 valence electrons. The molecule has 1 aromatic heterocycles. The average Bonchev–Trinajstić information content (AvgIpc) is 2.68. The van der Waals surface area contributed by atoms with Crippen molar-refractivity contribution in [3.05, 3.63) is 52.9 Å². The SMILES string of the molecule is Cc1ccoc1C(=O)Nc1ccccc1Cl. The molecule has 2 rings (SSSR count). The zero-order chi connectivity index (χ0) is 11.5. The van der Waals surface area contributed by atoms with Gasteiger partial charge in [-0.15, -0.1) is 0 Å². The highest BCUT2D eigenvalue weighted by Gasteiger charge is 2.13. The number of nitrogens with one attached hydrogen (secondary N) is 1. The van der Waals surface area contributed by atoms with Crippen LogP contribution in [0.3, 0.4) is 0 Å². The fourth-order valence-corrected chi connectivity index (χ4v) is 1.53. The lowest BCUT2D eigenvalue weighted by molar-refractivity contribution is 0.0996. The predicted molar refractivity (Wildman–Crippen MR) is 62.9 cm³/mol. The molecule has 0 saturated carbocycles. The number of carbonyl (C=O) groups is 1. The summed E-state index contributed by atoms with van der Waals surface area (Å²) in [7, 11) is 0. The maximum absolute atomic E-state index is 11.8. The third kappa shape index (κ3) is 2.09. The van der Waals surface area contributed by atoms with Crippen LogP contribution in [0.4, 0.5) is 5.69 Å². The van der Waals surface area contributed by atoms with E-state index in [2.05, 4.69) is 5.32 Å². The van der Waals surface area contributed by atoms with E-state index in [1.165, 1.54) is 6.26 Å². The second-order valence-corrected chi connectivity index (χ2v) is 3.77. The van der Waals surface area contributed by atoms with Gasteiger partial charge in [0.1, 0.15) is 0 Å². The van der Waals surface area contributed by atoms with Crippen molar-refractivity contribution in [3.8, 4) is 0 Å². The van der Waals surface area contributed by atoms with Gasteiger partial charge in [-0.1, -0.05) is 23.7 Å². The van der Waals surface area contributed by atoms with Crippen molar-refractivity contribution in [2.45, 2.75) is 6.92 Å². The lowest BCUT2D eigenvalue weighted by Gasteiger charge is -2.05. The summed E-state index contributed by atoms with van der Waals surface area (Å²) in [4.78, 5) is 11.8. The first-order chi connectivity index (χ1) is 7.68. The highest BCUT2D eigenvalue weighted by atomic mass is 35.5. The van der Waals surface area contributed by atoms with Gasteiger partial charge in [-0.3, -0.25) is 4.79 Å². The van der Waals surface area contributed by atoms with Gasteiger partial charge in [0.15, 0.2) is 5.76 Å². The Morgan fingerprint density at radius 3 is 2.69 bits per heavy atom. The minimum absolute atomic E-state index is 0.296. The summed E-state index contributed by atoms with van der Waals surface area (Å²) in [5.41, 5.74) is 1.37. The average molecular weight is 236 g/mol. The zero-order valence-corrected chi connectivity index (χ0v) is 9.41. The molecule has 1 aromatic carbocycles. The van der Waals surface area contributed by atoms with Crippen LogP contribution in [0.15, 0.2) is 41.0 Å². The molecule has 1 amide bonds. The van der Waals surface area contributed by atoms with Crippen molar-refractivity contribution in [3.63, 3.8) is 0 Å². The Kier molecular flexibility index (Phi) is 2.97. The number of rotatable bonds is 2. The molecule has 3 nitrogen and oxygen atoms in total. The highest BCUT2D eigenvalue weighted by Crippen LogP contribution is 2.21. The molecule has 0 bridgehead atoms. The largest absolute Gasteiger partial charge is 0.459 e. The highest BCUT2D eigenvalue weighted by molar-refractivity contribution is 6.33. The molecule has 2 aromatic rings. The van der Waals surface area contributed by atoms with Crippen molar-refractivity contribution >= 4 is 23.2 Å². The number of anilines is 1. The van der Waals surface area contributed by atoms with Crippen molar-refractivity contribution in [1.82, 2.24) is 0 Å². The van der Waals surface area contributed by atoms with Crippen LogP contribution in [0.2, 0.25) is 5.02 Å². The maximum Gasteiger partial charge on any atom is 0.291 e. The van der Waals surface area contributed by atoms with Crippen LogP contribution in [-0.4, -0.2) is 5.91 Å². The van der Waals surface area contributed by atoms with Crippen LogP contribution in [0.25, 0.3) is 0 Å².